The van der Waals surface area contributed by atoms with Gasteiger partial charge in [0, 0.05) is 6.42 Å². The van der Waals surface area contributed by atoms with E-state index < -0.39 is 0 Å². The fraction of sp³-hybridized carbons (Fsp3) is 0.333. The van der Waals surface area contributed by atoms with E-state index in [9.17, 15) is 0 Å². The number of benzene rings is 1. The van der Waals surface area contributed by atoms with Gasteiger partial charge in [0.15, 0.2) is 11.5 Å². The number of nitrogens with one attached hydrogen (secondary N) is 1. The maximum absolute atomic E-state index is 5.47. The van der Waals surface area contributed by atoms with Crippen LogP contribution < -0.4 is 20.2 Å². The van der Waals surface area contributed by atoms with Crippen LogP contribution in [0.4, 0.5) is 0 Å². The van der Waals surface area contributed by atoms with E-state index in [2.05, 4.69) is 5.59 Å². The van der Waals surface area contributed by atoms with Crippen LogP contribution in [0, 0.1) is 0 Å². The van der Waals surface area contributed by atoms with E-state index in [-0.39, 0.29) is 12.4 Å². The van der Waals surface area contributed by atoms with Crippen molar-refractivity contribution in [3.63, 3.8) is 0 Å². The van der Waals surface area contributed by atoms with Gasteiger partial charge >= 0.3 is 0 Å². The molecular formula is C12H18ClN3O3. The Balaban J connectivity index is 0.00000180. The molecule has 0 saturated heterocycles. The standard InChI is InChI=1S/C12H17N3O3.ClH/c1-16-10-4-3-9(7-11(10)17-2)5-6-15-8-12(13)18-14-15;/h3-4,7-8,15H,5-6,13H2,1-2H3;1H. The number of quaternary nitrogens is 1. The molecule has 19 heavy (non-hydrogen) atoms. The maximum Gasteiger partial charge on any atom is 0.227 e. The van der Waals surface area contributed by atoms with Gasteiger partial charge in [-0.05, 0) is 17.7 Å². The lowest BCUT2D eigenvalue weighted by molar-refractivity contribution is -0.814. The summed E-state index contributed by atoms with van der Waals surface area (Å²) in [5, 5.41) is 0.849. The van der Waals surface area contributed by atoms with Crippen LogP contribution in [0.1, 0.15) is 5.56 Å². The van der Waals surface area contributed by atoms with Crippen molar-refractivity contribution >= 4 is 12.4 Å². The third kappa shape index (κ3) is 3.92. The number of nitrogens with two attached hydrogens (primary N) is 1. The Kier molecular flexibility index (Phi) is 5.75. The number of rotatable bonds is 5. The van der Waals surface area contributed by atoms with Gasteiger partial charge in [0.2, 0.25) is 5.88 Å². The van der Waals surface area contributed by atoms with Crippen molar-refractivity contribution in [2.45, 2.75) is 6.42 Å². The molecule has 6 nitrogen and oxygen atoms in total. The van der Waals surface area contributed by atoms with Crippen LogP contribution in [-0.2, 0) is 11.3 Å². The molecule has 2 rings (SSSR count). The van der Waals surface area contributed by atoms with Crippen molar-refractivity contribution in [3.8, 4) is 11.5 Å². The van der Waals surface area contributed by atoms with Crippen molar-refractivity contribution < 1.29 is 19.3 Å². The van der Waals surface area contributed by atoms with E-state index in [1.165, 1.54) is 0 Å². The summed E-state index contributed by atoms with van der Waals surface area (Å²) in [7, 11) is 3.25. The van der Waals surface area contributed by atoms with E-state index in [1.807, 2.05) is 18.2 Å². The molecule has 7 heteroatoms. The first-order chi connectivity index (χ1) is 8.72. The van der Waals surface area contributed by atoms with Gasteiger partial charge in [-0.3, -0.25) is 5.59 Å². The van der Waals surface area contributed by atoms with Crippen LogP contribution in [0.2, 0.25) is 0 Å². The number of nitrogens with zero attached hydrogens (tertiary/aromatic N) is 1. The first-order valence-corrected chi connectivity index (χ1v) is 5.65. The van der Waals surface area contributed by atoms with Crippen molar-refractivity contribution in [2.24, 2.45) is 5.73 Å². The monoisotopic (exact) mass is 287 g/mol. The van der Waals surface area contributed by atoms with Gasteiger partial charge < -0.3 is 25.1 Å². The molecule has 0 spiro atoms. The lowest BCUT2D eigenvalue weighted by Gasteiger charge is -2.19. The number of halogens is 1. The Labute approximate surface area is 118 Å². The summed E-state index contributed by atoms with van der Waals surface area (Å²) in [6.07, 6.45) is 2.58. The van der Waals surface area contributed by atoms with E-state index in [0.717, 1.165) is 35.0 Å². The summed E-state index contributed by atoms with van der Waals surface area (Å²) in [6.45, 7) is 0.774. The molecule has 1 aliphatic heterocycles. The molecular weight excluding hydrogens is 270 g/mol. The summed E-state index contributed by atoms with van der Waals surface area (Å²) in [5.74, 6) is 1.80. The summed E-state index contributed by atoms with van der Waals surface area (Å²) in [4.78, 5) is 4.82. The summed E-state index contributed by atoms with van der Waals surface area (Å²) < 4.78 is 10.4. The molecule has 1 aliphatic rings. The van der Waals surface area contributed by atoms with Gasteiger partial charge in [-0.1, -0.05) is 6.07 Å². The second-order valence-corrected chi connectivity index (χ2v) is 3.91. The van der Waals surface area contributed by atoms with Crippen LogP contribution in [-0.4, -0.2) is 20.8 Å². The summed E-state index contributed by atoms with van der Waals surface area (Å²) in [6, 6.07) is 5.86. The fourth-order valence-electron chi connectivity index (χ4n) is 1.75. The van der Waals surface area contributed by atoms with Gasteiger partial charge in [0.1, 0.15) is 6.20 Å². The average molecular weight is 288 g/mol. The zero-order valence-corrected chi connectivity index (χ0v) is 11.7. The Hall–Kier alpha value is -1.63. The highest BCUT2D eigenvalue weighted by Crippen LogP contribution is 2.27. The highest BCUT2D eigenvalue weighted by atomic mass is 35.5. The smallest absolute Gasteiger partial charge is 0.227 e. The predicted octanol–water partition coefficient (Wildman–Crippen LogP) is 0.544. The fourth-order valence-corrected chi connectivity index (χ4v) is 1.75. The van der Waals surface area contributed by atoms with E-state index in [1.54, 1.807) is 20.4 Å². The molecule has 0 fully saturated rings. The van der Waals surface area contributed by atoms with E-state index >= 15 is 0 Å². The van der Waals surface area contributed by atoms with Gasteiger partial charge in [-0.25, -0.2) is 0 Å². The Morgan fingerprint density at radius 3 is 2.58 bits per heavy atom. The van der Waals surface area contributed by atoms with Crippen molar-refractivity contribution in [3.05, 3.63) is 41.4 Å². The third-order valence-electron chi connectivity index (χ3n) is 2.69. The van der Waals surface area contributed by atoms with Gasteiger partial charge in [-0.15, -0.1) is 12.4 Å². The highest BCUT2D eigenvalue weighted by molar-refractivity contribution is 5.85. The van der Waals surface area contributed by atoms with E-state index in [4.69, 9.17) is 20.0 Å². The average Bonchev–Trinajstić information content (AvgIpc) is 2.81. The highest BCUT2D eigenvalue weighted by Gasteiger charge is 2.09. The SMILES string of the molecule is COc1ccc(CC[NH+]2C=C(N)O[N-]2)cc1OC.Cl. The molecule has 0 bridgehead atoms. The number of hydrogen-bond donors (Lipinski definition) is 2. The largest absolute Gasteiger partial charge is 0.523 e. The Bertz CT molecular complexity index is 454. The second kappa shape index (κ2) is 7.08. The quantitative estimate of drug-likeness (QED) is 0.829. The van der Waals surface area contributed by atoms with Crippen LogP contribution >= 0.6 is 12.4 Å². The second-order valence-electron chi connectivity index (χ2n) is 3.91. The van der Waals surface area contributed by atoms with Crippen molar-refractivity contribution in [1.82, 2.24) is 0 Å². The number of methoxy groups -OCH3 is 2. The first kappa shape index (κ1) is 15.4. The van der Waals surface area contributed by atoms with Crippen molar-refractivity contribution in [1.29, 1.82) is 0 Å². The molecule has 1 heterocycles. The topological polar surface area (TPSA) is 72.2 Å². The lowest BCUT2D eigenvalue weighted by atomic mass is 10.1. The molecule has 1 aromatic carbocycles. The van der Waals surface area contributed by atoms with Gasteiger partial charge in [-0.2, -0.15) is 0 Å². The lowest BCUT2D eigenvalue weighted by Crippen LogP contribution is -3.02. The summed E-state index contributed by atoms with van der Waals surface area (Å²) in [5.41, 5.74) is 10.5. The molecule has 1 atom stereocenters. The zero-order valence-electron chi connectivity index (χ0n) is 10.9. The van der Waals surface area contributed by atoms with Gasteiger partial charge in [0.25, 0.3) is 0 Å². The Morgan fingerprint density at radius 2 is 2.00 bits per heavy atom. The predicted molar refractivity (Wildman–Crippen MR) is 73.0 cm³/mol. The van der Waals surface area contributed by atoms with Gasteiger partial charge in [0.05, 0.1) is 20.8 Å². The van der Waals surface area contributed by atoms with Crippen LogP contribution in [0.25, 0.3) is 5.59 Å². The van der Waals surface area contributed by atoms with E-state index in [0.29, 0.717) is 5.88 Å². The minimum Gasteiger partial charge on any atom is -0.523 e. The molecule has 106 valence electrons. The molecule has 0 amide bonds. The van der Waals surface area contributed by atoms with Crippen LogP contribution in [0.5, 0.6) is 11.5 Å². The maximum atomic E-state index is 5.47. The summed E-state index contributed by atoms with van der Waals surface area (Å²) >= 11 is 0. The normalized spacial score (nSPS) is 17.2. The molecule has 3 N–H and O–H groups in total. The molecule has 0 saturated carbocycles. The number of ether oxygens (including phenoxy) is 2. The third-order valence-corrected chi connectivity index (χ3v) is 2.69. The molecule has 0 radical (unpaired) electrons. The van der Waals surface area contributed by atoms with Crippen LogP contribution in [0.15, 0.2) is 30.3 Å². The van der Waals surface area contributed by atoms with Crippen LogP contribution in [0.3, 0.4) is 0 Å². The minimum atomic E-state index is 0. The minimum absolute atomic E-state index is 0. The zero-order chi connectivity index (χ0) is 13.0. The van der Waals surface area contributed by atoms with Crippen molar-refractivity contribution in [2.75, 3.05) is 20.8 Å². The molecule has 0 aromatic heterocycles. The first-order valence-electron chi connectivity index (χ1n) is 5.65. The Morgan fingerprint density at radius 1 is 1.26 bits per heavy atom. The molecule has 0 aliphatic carbocycles. The number of hydrogen-bond acceptors (Lipinski definition) is 4. The molecule has 1 unspecified atom stereocenters. The molecule has 1 aromatic rings.